The largest absolute Gasteiger partial charge is 0.361 e. The van der Waals surface area contributed by atoms with Crippen LogP contribution in [-0.4, -0.2) is 5.16 Å². The standard InChI is InChI=1S/C14H18N2O/c1-10-5-4-6-13(12(10)3)8-15-9-14-7-11(2)17-16-14/h4-7,15H,8-9H2,1-3H3. The molecule has 0 bridgehead atoms. The van der Waals surface area contributed by atoms with Crippen LogP contribution in [0.4, 0.5) is 0 Å². The van der Waals surface area contributed by atoms with Crippen LogP contribution < -0.4 is 5.32 Å². The second-order valence-electron chi connectivity index (χ2n) is 4.39. The number of hydrogen-bond donors (Lipinski definition) is 1. The summed E-state index contributed by atoms with van der Waals surface area (Å²) in [5.41, 5.74) is 4.98. The number of aryl methyl sites for hydroxylation is 2. The fourth-order valence-electron chi connectivity index (χ4n) is 1.83. The molecule has 1 aromatic carbocycles. The molecule has 2 aromatic rings. The zero-order valence-electron chi connectivity index (χ0n) is 10.6. The third-order valence-corrected chi connectivity index (χ3v) is 3.02. The summed E-state index contributed by atoms with van der Waals surface area (Å²) in [7, 11) is 0. The van der Waals surface area contributed by atoms with Crippen LogP contribution in [0.15, 0.2) is 28.8 Å². The van der Waals surface area contributed by atoms with Crippen molar-refractivity contribution in [1.82, 2.24) is 10.5 Å². The molecule has 0 aliphatic rings. The van der Waals surface area contributed by atoms with Crippen molar-refractivity contribution in [2.24, 2.45) is 0 Å². The Balaban J connectivity index is 1.92. The first-order valence-electron chi connectivity index (χ1n) is 5.85. The van der Waals surface area contributed by atoms with Crippen molar-refractivity contribution >= 4 is 0 Å². The number of benzene rings is 1. The van der Waals surface area contributed by atoms with Gasteiger partial charge < -0.3 is 9.84 Å². The van der Waals surface area contributed by atoms with Crippen LogP contribution >= 0.6 is 0 Å². The van der Waals surface area contributed by atoms with Crippen molar-refractivity contribution in [3.8, 4) is 0 Å². The molecule has 0 atom stereocenters. The lowest BCUT2D eigenvalue weighted by molar-refractivity contribution is 0.388. The Morgan fingerprint density at radius 1 is 1.18 bits per heavy atom. The molecule has 0 amide bonds. The summed E-state index contributed by atoms with van der Waals surface area (Å²) in [5, 5.41) is 7.33. The van der Waals surface area contributed by atoms with Gasteiger partial charge in [-0.05, 0) is 37.5 Å². The minimum atomic E-state index is 0.741. The van der Waals surface area contributed by atoms with Gasteiger partial charge in [-0.15, -0.1) is 0 Å². The van der Waals surface area contributed by atoms with Crippen LogP contribution in [0.3, 0.4) is 0 Å². The van der Waals surface area contributed by atoms with Crippen molar-refractivity contribution in [3.05, 3.63) is 52.4 Å². The molecule has 0 unspecified atom stereocenters. The number of nitrogens with zero attached hydrogens (tertiary/aromatic N) is 1. The van der Waals surface area contributed by atoms with Gasteiger partial charge in [-0.3, -0.25) is 0 Å². The van der Waals surface area contributed by atoms with E-state index in [4.69, 9.17) is 4.52 Å². The van der Waals surface area contributed by atoms with E-state index in [2.05, 4.69) is 42.5 Å². The van der Waals surface area contributed by atoms with Crippen LogP contribution in [0, 0.1) is 20.8 Å². The van der Waals surface area contributed by atoms with Gasteiger partial charge in [0.1, 0.15) is 5.76 Å². The fraction of sp³-hybridized carbons (Fsp3) is 0.357. The summed E-state index contributed by atoms with van der Waals surface area (Å²) in [6.07, 6.45) is 0. The predicted octanol–water partition coefficient (Wildman–Crippen LogP) is 2.89. The molecule has 90 valence electrons. The molecule has 0 spiro atoms. The molecule has 3 nitrogen and oxygen atoms in total. The Morgan fingerprint density at radius 3 is 2.71 bits per heavy atom. The van der Waals surface area contributed by atoms with E-state index in [0.717, 1.165) is 24.5 Å². The summed E-state index contributed by atoms with van der Waals surface area (Å²) in [5.74, 6) is 0.855. The van der Waals surface area contributed by atoms with E-state index in [1.54, 1.807) is 0 Å². The minimum absolute atomic E-state index is 0.741. The second kappa shape index (κ2) is 5.15. The van der Waals surface area contributed by atoms with Gasteiger partial charge >= 0.3 is 0 Å². The van der Waals surface area contributed by atoms with E-state index in [-0.39, 0.29) is 0 Å². The average molecular weight is 230 g/mol. The molecule has 0 saturated heterocycles. The number of rotatable bonds is 4. The Kier molecular flexibility index (Phi) is 3.59. The number of hydrogen-bond acceptors (Lipinski definition) is 3. The lowest BCUT2D eigenvalue weighted by Crippen LogP contribution is -2.13. The fourth-order valence-corrected chi connectivity index (χ4v) is 1.83. The molecule has 0 saturated carbocycles. The monoisotopic (exact) mass is 230 g/mol. The van der Waals surface area contributed by atoms with Crippen LogP contribution in [0.5, 0.6) is 0 Å². The molecular formula is C14H18N2O. The van der Waals surface area contributed by atoms with E-state index >= 15 is 0 Å². The Bertz CT molecular complexity index is 503. The Morgan fingerprint density at radius 2 is 2.00 bits per heavy atom. The first kappa shape index (κ1) is 11.9. The molecule has 0 radical (unpaired) electrons. The van der Waals surface area contributed by atoms with Crippen molar-refractivity contribution < 1.29 is 4.52 Å². The van der Waals surface area contributed by atoms with Gasteiger partial charge in [0, 0.05) is 19.2 Å². The van der Waals surface area contributed by atoms with Gasteiger partial charge in [0.05, 0.1) is 5.69 Å². The molecule has 2 rings (SSSR count). The molecule has 0 aliphatic carbocycles. The average Bonchev–Trinajstić information content (AvgIpc) is 2.70. The SMILES string of the molecule is Cc1cc(CNCc2cccc(C)c2C)no1. The number of aromatic nitrogens is 1. The molecule has 1 heterocycles. The van der Waals surface area contributed by atoms with Gasteiger partial charge in [0.25, 0.3) is 0 Å². The first-order chi connectivity index (χ1) is 8.16. The van der Waals surface area contributed by atoms with Crippen molar-refractivity contribution in [2.45, 2.75) is 33.9 Å². The van der Waals surface area contributed by atoms with Crippen LogP contribution in [0.2, 0.25) is 0 Å². The summed E-state index contributed by atoms with van der Waals surface area (Å²) < 4.78 is 5.02. The Hall–Kier alpha value is -1.61. The highest BCUT2D eigenvalue weighted by Gasteiger charge is 2.02. The molecule has 0 fully saturated rings. The highest BCUT2D eigenvalue weighted by molar-refractivity contribution is 5.32. The van der Waals surface area contributed by atoms with E-state index in [9.17, 15) is 0 Å². The van der Waals surface area contributed by atoms with Crippen molar-refractivity contribution in [1.29, 1.82) is 0 Å². The predicted molar refractivity (Wildman–Crippen MR) is 67.7 cm³/mol. The molecule has 3 heteroatoms. The Labute approximate surface area is 102 Å². The van der Waals surface area contributed by atoms with Gasteiger partial charge in [0.15, 0.2) is 0 Å². The van der Waals surface area contributed by atoms with E-state index < -0.39 is 0 Å². The summed E-state index contributed by atoms with van der Waals surface area (Å²) in [6, 6.07) is 8.35. The van der Waals surface area contributed by atoms with Gasteiger partial charge in [-0.1, -0.05) is 23.4 Å². The third-order valence-electron chi connectivity index (χ3n) is 3.02. The highest BCUT2D eigenvalue weighted by Crippen LogP contribution is 2.12. The highest BCUT2D eigenvalue weighted by atomic mass is 16.5. The van der Waals surface area contributed by atoms with Crippen molar-refractivity contribution in [3.63, 3.8) is 0 Å². The third kappa shape index (κ3) is 2.94. The summed E-state index contributed by atoms with van der Waals surface area (Å²) in [6.45, 7) is 7.80. The van der Waals surface area contributed by atoms with E-state index in [1.165, 1.54) is 16.7 Å². The van der Waals surface area contributed by atoms with E-state index in [1.807, 2.05) is 13.0 Å². The maximum atomic E-state index is 5.02. The lowest BCUT2D eigenvalue weighted by atomic mass is 10.0. The molecule has 0 aliphatic heterocycles. The van der Waals surface area contributed by atoms with Gasteiger partial charge in [-0.2, -0.15) is 0 Å². The maximum Gasteiger partial charge on any atom is 0.133 e. The molecule has 1 N–H and O–H groups in total. The van der Waals surface area contributed by atoms with Crippen LogP contribution in [-0.2, 0) is 13.1 Å². The van der Waals surface area contributed by atoms with Crippen LogP contribution in [0.1, 0.15) is 28.1 Å². The van der Waals surface area contributed by atoms with Crippen molar-refractivity contribution in [2.75, 3.05) is 0 Å². The zero-order valence-corrected chi connectivity index (χ0v) is 10.6. The van der Waals surface area contributed by atoms with Gasteiger partial charge in [-0.25, -0.2) is 0 Å². The summed E-state index contributed by atoms with van der Waals surface area (Å²) >= 11 is 0. The zero-order chi connectivity index (χ0) is 12.3. The second-order valence-corrected chi connectivity index (χ2v) is 4.39. The lowest BCUT2D eigenvalue weighted by Gasteiger charge is -2.08. The maximum absolute atomic E-state index is 5.02. The number of nitrogens with one attached hydrogen (secondary N) is 1. The first-order valence-corrected chi connectivity index (χ1v) is 5.85. The molecular weight excluding hydrogens is 212 g/mol. The summed E-state index contributed by atoms with van der Waals surface area (Å²) in [4.78, 5) is 0. The molecule has 17 heavy (non-hydrogen) atoms. The van der Waals surface area contributed by atoms with E-state index in [0.29, 0.717) is 0 Å². The normalized spacial score (nSPS) is 10.8. The topological polar surface area (TPSA) is 38.1 Å². The van der Waals surface area contributed by atoms with Gasteiger partial charge in [0.2, 0.25) is 0 Å². The smallest absolute Gasteiger partial charge is 0.133 e. The minimum Gasteiger partial charge on any atom is -0.361 e. The quantitative estimate of drug-likeness (QED) is 0.877. The molecule has 1 aromatic heterocycles. The van der Waals surface area contributed by atoms with Crippen LogP contribution in [0.25, 0.3) is 0 Å².